The molecule has 0 saturated heterocycles. The minimum Gasteiger partial charge on any atom is -0.545 e. The van der Waals surface area contributed by atoms with Crippen molar-refractivity contribution < 1.29 is 52.6 Å². The molecule has 0 unspecified atom stereocenters. The summed E-state index contributed by atoms with van der Waals surface area (Å²) in [7, 11) is 0. The Kier molecular flexibility index (Phi) is 4.19. The number of carbonyl (C=O) groups is 1. The van der Waals surface area contributed by atoms with Gasteiger partial charge in [-0.1, -0.05) is 0 Å². The van der Waals surface area contributed by atoms with E-state index < -0.39 is 45.3 Å². The number of benzene rings is 1. The number of rotatable bonds is 2. The summed E-state index contributed by atoms with van der Waals surface area (Å²) in [5.41, 5.74) is -2.20. The number of hydrogen-bond donors (Lipinski definition) is 0. The monoisotopic (exact) mass is 305 g/mol. The Morgan fingerprint density at radius 1 is 1.24 bits per heavy atom. The van der Waals surface area contributed by atoms with Crippen molar-refractivity contribution in [2.24, 2.45) is 0 Å². The average Bonchev–Trinajstić information content (AvgIpc) is 3.21. The van der Waals surface area contributed by atoms with Gasteiger partial charge in [-0.3, -0.25) is 4.79 Å². The third-order valence-electron chi connectivity index (χ3n) is 3.31. The van der Waals surface area contributed by atoms with Crippen LogP contribution in [0, 0.1) is 17.5 Å². The molecular formula is C13H7F3NNaO3. The zero-order valence-corrected chi connectivity index (χ0v) is 13.0. The van der Waals surface area contributed by atoms with Gasteiger partial charge in [0, 0.05) is 12.2 Å². The van der Waals surface area contributed by atoms with E-state index in [0.717, 1.165) is 6.20 Å². The first kappa shape index (κ1) is 16.1. The van der Waals surface area contributed by atoms with Crippen LogP contribution in [-0.2, 0) is 0 Å². The fourth-order valence-electron chi connectivity index (χ4n) is 2.20. The molecule has 0 bridgehead atoms. The summed E-state index contributed by atoms with van der Waals surface area (Å²) >= 11 is 0. The molecule has 21 heavy (non-hydrogen) atoms. The van der Waals surface area contributed by atoms with E-state index in [9.17, 15) is 27.9 Å². The van der Waals surface area contributed by atoms with Crippen LogP contribution in [-0.4, -0.2) is 10.5 Å². The maximum atomic E-state index is 13.9. The molecule has 1 fully saturated rings. The summed E-state index contributed by atoms with van der Waals surface area (Å²) in [6.45, 7) is 0. The topological polar surface area (TPSA) is 62.1 Å². The Bertz CT molecular complexity index is 815. The van der Waals surface area contributed by atoms with Crippen LogP contribution in [0.15, 0.2) is 17.1 Å². The summed E-state index contributed by atoms with van der Waals surface area (Å²) in [5, 5.41) is 10.4. The molecular weight excluding hydrogens is 298 g/mol. The van der Waals surface area contributed by atoms with Crippen molar-refractivity contribution in [2.75, 3.05) is 0 Å². The van der Waals surface area contributed by atoms with Crippen molar-refractivity contribution in [1.82, 2.24) is 4.57 Å². The predicted molar refractivity (Wildman–Crippen MR) is 60.7 cm³/mol. The molecule has 1 heterocycles. The average molecular weight is 305 g/mol. The largest absolute Gasteiger partial charge is 1.00 e. The number of carbonyl (C=O) groups excluding carboxylic acids is 1. The van der Waals surface area contributed by atoms with Crippen molar-refractivity contribution in [1.29, 1.82) is 0 Å². The molecule has 1 aromatic carbocycles. The van der Waals surface area contributed by atoms with Crippen molar-refractivity contribution in [3.8, 4) is 0 Å². The van der Waals surface area contributed by atoms with Crippen LogP contribution >= 0.6 is 0 Å². The van der Waals surface area contributed by atoms with Gasteiger partial charge in [-0.05, 0) is 18.9 Å². The third kappa shape index (κ3) is 2.49. The number of halogens is 3. The van der Waals surface area contributed by atoms with Gasteiger partial charge in [-0.25, -0.2) is 13.2 Å². The maximum absolute atomic E-state index is 13.9. The molecule has 1 aliphatic carbocycles. The molecule has 0 radical (unpaired) electrons. The Morgan fingerprint density at radius 2 is 1.86 bits per heavy atom. The first-order valence-electron chi connectivity index (χ1n) is 5.85. The number of carboxylic acids is 1. The molecule has 8 heteroatoms. The number of hydrogen-bond acceptors (Lipinski definition) is 3. The summed E-state index contributed by atoms with van der Waals surface area (Å²) in [6.07, 6.45) is 2.21. The summed E-state index contributed by atoms with van der Waals surface area (Å²) < 4.78 is 41.6. The van der Waals surface area contributed by atoms with E-state index in [-0.39, 0.29) is 35.6 Å². The number of pyridine rings is 1. The predicted octanol–water partition coefficient (Wildman–Crippen LogP) is -1.88. The summed E-state index contributed by atoms with van der Waals surface area (Å²) in [5.74, 6) is -6.46. The van der Waals surface area contributed by atoms with Gasteiger partial charge >= 0.3 is 29.6 Å². The number of fused-ring (bicyclic) bond motifs is 1. The van der Waals surface area contributed by atoms with E-state index in [1.54, 1.807) is 0 Å². The second kappa shape index (κ2) is 5.47. The minimum absolute atomic E-state index is 0. The van der Waals surface area contributed by atoms with Gasteiger partial charge in [-0.15, -0.1) is 0 Å². The standard InChI is InChI=1S/C13H8F3NO3.Na/c14-8-3-6-11(10(16)9(8)15)17(5-1-2-5)4-7(12(6)18)13(19)20;/h3-5H,1-2H2,(H,19,20);/q;+1/p-1. The first-order chi connectivity index (χ1) is 9.41. The number of aromatic carboxylic acids is 1. The van der Waals surface area contributed by atoms with Gasteiger partial charge in [-0.2, -0.15) is 0 Å². The Morgan fingerprint density at radius 3 is 2.38 bits per heavy atom. The van der Waals surface area contributed by atoms with Crippen LogP contribution in [0.3, 0.4) is 0 Å². The number of nitrogens with zero attached hydrogens (tertiary/aromatic N) is 1. The molecule has 1 aliphatic rings. The molecule has 0 aliphatic heterocycles. The molecule has 4 nitrogen and oxygen atoms in total. The molecule has 1 saturated carbocycles. The quantitative estimate of drug-likeness (QED) is 0.482. The van der Waals surface area contributed by atoms with Crippen molar-refractivity contribution in [3.63, 3.8) is 0 Å². The van der Waals surface area contributed by atoms with Crippen LogP contribution in [0.5, 0.6) is 0 Å². The molecule has 0 atom stereocenters. The van der Waals surface area contributed by atoms with Crippen molar-refractivity contribution >= 4 is 16.9 Å². The zero-order valence-electron chi connectivity index (χ0n) is 11.0. The van der Waals surface area contributed by atoms with E-state index >= 15 is 0 Å². The molecule has 104 valence electrons. The maximum Gasteiger partial charge on any atom is 1.00 e. The smallest absolute Gasteiger partial charge is 0.545 e. The van der Waals surface area contributed by atoms with E-state index in [0.29, 0.717) is 18.9 Å². The fourth-order valence-corrected chi connectivity index (χ4v) is 2.20. The van der Waals surface area contributed by atoms with Gasteiger partial charge < -0.3 is 14.5 Å². The third-order valence-corrected chi connectivity index (χ3v) is 3.31. The second-order valence-corrected chi connectivity index (χ2v) is 4.68. The van der Waals surface area contributed by atoms with Gasteiger partial charge in [0.15, 0.2) is 22.9 Å². The molecule has 2 aromatic rings. The Balaban J connectivity index is 0.00000161. The molecule has 3 rings (SSSR count). The van der Waals surface area contributed by atoms with Crippen molar-refractivity contribution in [2.45, 2.75) is 18.9 Å². The molecule has 1 aromatic heterocycles. The molecule has 0 N–H and O–H groups in total. The van der Waals surface area contributed by atoms with Gasteiger partial charge in [0.05, 0.1) is 22.4 Å². The van der Waals surface area contributed by atoms with Gasteiger partial charge in [0.1, 0.15) is 0 Å². The fraction of sp³-hybridized carbons (Fsp3) is 0.231. The minimum atomic E-state index is -1.74. The van der Waals surface area contributed by atoms with Crippen molar-refractivity contribution in [3.05, 3.63) is 45.5 Å². The first-order valence-corrected chi connectivity index (χ1v) is 5.85. The Hall–Kier alpha value is -1.31. The Labute approximate surface area is 138 Å². The summed E-state index contributed by atoms with van der Waals surface area (Å²) in [6, 6.07) is 0.289. The molecule has 0 spiro atoms. The molecule has 0 amide bonds. The SMILES string of the molecule is O=C([O-])c1cn(C2CC2)c2c(F)c(F)c(F)cc2c1=O.[Na+]. The number of aromatic nitrogens is 1. The van der Waals surface area contributed by atoms with Crippen LogP contribution in [0.4, 0.5) is 13.2 Å². The van der Waals surface area contributed by atoms with Gasteiger partial charge in [0.25, 0.3) is 0 Å². The van der Waals surface area contributed by atoms with Crippen LogP contribution < -0.4 is 40.1 Å². The van der Waals surface area contributed by atoms with Gasteiger partial charge in [0.2, 0.25) is 0 Å². The van der Waals surface area contributed by atoms with Crippen LogP contribution in [0.25, 0.3) is 10.9 Å². The van der Waals surface area contributed by atoms with E-state index in [4.69, 9.17) is 0 Å². The van der Waals surface area contributed by atoms with E-state index in [1.807, 2.05) is 0 Å². The van der Waals surface area contributed by atoms with Crippen LogP contribution in [0.2, 0.25) is 0 Å². The summed E-state index contributed by atoms with van der Waals surface area (Å²) in [4.78, 5) is 22.8. The second-order valence-electron chi connectivity index (χ2n) is 4.68. The van der Waals surface area contributed by atoms with Crippen LogP contribution in [0.1, 0.15) is 29.2 Å². The zero-order chi connectivity index (χ0) is 14.6. The van der Waals surface area contributed by atoms with E-state index in [2.05, 4.69) is 0 Å². The number of carboxylic acid groups (broad SMARTS) is 1. The normalized spacial score (nSPS) is 14.0. The van der Waals surface area contributed by atoms with E-state index in [1.165, 1.54) is 4.57 Å².